The van der Waals surface area contributed by atoms with Crippen LogP contribution >= 0.6 is 63.7 Å². The summed E-state index contributed by atoms with van der Waals surface area (Å²) in [6.45, 7) is 0. The Bertz CT molecular complexity index is 1140. The molecule has 0 saturated carbocycles. The average molecular weight is 648 g/mol. The first-order chi connectivity index (χ1) is 14.5. The molecule has 148 valence electrons. The quantitative estimate of drug-likeness (QED) is 0.179. The number of halogens is 4. The van der Waals surface area contributed by atoms with Crippen LogP contribution in [0.3, 0.4) is 0 Å². The molecule has 0 radical (unpaired) electrons. The normalized spacial score (nSPS) is 14.1. The molecule has 0 fully saturated rings. The summed E-state index contributed by atoms with van der Waals surface area (Å²) in [5, 5.41) is 0. The van der Waals surface area contributed by atoms with Crippen molar-refractivity contribution in [2.75, 3.05) is 0 Å². The molecule has 1 aliphatic rings. The second-order valence-corrected chi connectivity index (χ2v) is 11.2. The van der Waals surface area contributed by atoms with Crippen molar-refractivity contribution >= 4 is 63.7 Å². The summed E-state index contributed by atoms with van der Waals surface area (Å²) in [5.41, 5.74) is 7.43. The Labute approximate surface area is 210 Å². The number of fused-ring (bicyclic) bond motifs is 2. The van der Waals surface area contributed by atoms with Crippen molar-refractivity contribution in [3.05, 3.63) is 136 Å². The van der Waals surface area contributed by atoms with Crippen LogP contribution in [0.5, 0.6) is 0 Å². The van der Waals surface area contributed by atoms with Gasteiger partial charge in [0.1, 0.15) is 0 Å². The van der Waals surface area contributed by atoms with E-state index in [2.05, 4.69) is 149 Å². The van der Waals surface area contributed by atoms with Gasteiger partial charge in [-0.05, 0) is 76.2 Å². The van der Waals surface area contributed by atoms with Crippen LogP contribution < -0.4 is 0 Å². The molecule has 0 bridgehead atoms. The molecule has 0 atom stereocenters. The molecule has 5 rings (SSSR count). The first-order valence-electron chi connectivity index (χ1n) is 9.58. The summed E-state index contributed by atoms with van der Waals surface area (Å²) in [7, 11) is 0. The molecule has 0 heterocycles. The Hall–Kier alpha value is -1.20. The van der Waals surface area contributed by atoms with Gasteiger partial charge in [-0.2, -0.15) is 0 Å². The Morgan fingerprint density at radius 1 is 0.500 bits per heavy atom. The number of hydrogen-bond donors (Lipinski definition) is 0. The fourth-order valence-electron chi connectivity index (χ4n) is 4.76. The predicted molar refractivity (Wildman–Crippen MR) is 138 cm³/mol. The first kappa shape index (κ1) is 20.7. The van der Waals surface area contributed by atoms with Crippen molar-refractivity contribution in [3.8, 4) is 0 Å². The zero-order valence-corrected chi connectivity index (χ0v) is 22.1. The molecular formula is C26H16Br4. The van der Waals surface area contributed by atoms with Crippen molar-refractivity contribution in [1.29, 1.82) is 0 Å². The molecule has 1 aliphatic carbocycles. The Morgan fingerprint density at radius 3 is 1.27 bits per heavy atom. The van der Waals surface area contributed by atoms with Gasteiger partial charge in [0.25, 0.3) is 0 Å². The molecule has 4 aromatic rings. The van der Waals surface area contributed by atoms with Gasteiger partial charge in [0, 0.05) is 17.9 Å². The van der Waals surface area contributed by atoms with Gasteiger partial charge in [0.05, 0.1) is 5.41 Å². The second-order valence-electron chi connectivity index (χ2n) is 7.56. The van der Waals surface area contributed by atoms with E-state index in [4.69, 9.17) is 0 Å². The summed E-state index contributed by atoms with van der Waals surface area (Å²) in [4.78, 5) is 0. The third-order valence-electron chi connectivity index (χ3n) is 5.81. The maximum Gasteiger partial charge on any atom is 0.0708 e. The monoisotopic (exact) mass is 644 g/mol. The van der Waals surface area contributed by atoms with Crippen LogP contribution in [0.4, 0.5) is 0 Å². The molecule has 30 heavy (non-hydrogen) atoms. The molecule has 0 saturated heterocycles. The van der Waals surface area contributed by atoms with Crippen LogP contribution in [0, 0.1) is 0 Å². The van der Waals surface area contributed by atoms with E-state index in [1.807, 2.05) is 0 Å². The lowest BCUT2D eigenvalue weighted by Gasteiger charge is -2.42. The lowest BCUT2D eigenvalue weighted by molar-refractivity contribution is 0.701. The van der Waals surface area contributed by atoms with Gasteiger partial charge in [-0.25, -0.2) is 0 Å². The summed E-state index contributed by atoms with van der Waals surface area (Å²) in [5.74, 6) is 0. The minimum Gasteiger partial charge on any atom is -0.0620 e. The van der Waals surface area contributed by atoms with E-state index < -0.39 is 5.41 Å². The van der Waals surface area contributed by atoms with Gasteiger partial charge < -0.3 is 0 Å². The standard InChI is InChI=1S/C26H16Br4/c27-20-10-18(11-21(28)14-20)26(19-12-22(29)15-23(30)13-19)24-7-3-1-5-16(24)9-17-6-2-4-8-25(17)26/h1-8,10-15H,9H2. The molecule has 0 nitrogen and oxygen atoms in total. The van der Waals surface area contributed by atoms with Crippen LogP contribution in [0.1, 0.15) is 33.4 Å². The molecule has 0 N–H and O–H groups in total. The zero-order valence-electron chi connectivity index (χ0n) is 15.8. The van der Waals surface area contributed by atoms with Crippen LogP contribution in [0.15, 0.2) is 103 Å². The highest BCUT2D eigenvalue weighted by Crippen LogP contribution is 2.52. The van der Waals surface area contributed by atoms with Crippen molar-refractivity contribution < 1.29 is 0 Å². The summed E-state index contributed by atoms with van der Waals surface area (Å²) >= 11 is 14.9. The Kier molecular flexibility index (Phi) is 5.55. The lowest BCUT2D eigenvalue weighted by Crippen LogP contribution is -2.36. The second kappa shape index (κ2) is 8.05. The van der Waals surface area contributed by atoms with Crippen LogP contribution in [-0.2, 0) is 11.8 Å². The van der Waals surface area contributed by atoms with Crippen molar-refractivity contribution in [2.24, 2.45) is 0 Å². The predicted octanol–water partition coefficient (Wildman–Crippen LogP) is 9.02. The molecule has 4 heteroatoms. The lowest BCUT2D eigenvalue weighted by atomic mass is 9.60. The van der Waals surface area contributed by atoms with E-state index in [9.17, 15) is 0 Å². The SMILES string of the molecule is Brc1cc(Br)cc(C2(c3cc(Br)cc(Br)c3)c3ccccc3Cc3ccccc32)c1. The van der Waals surface area contributed by atoms with Gasteiger partial charge in [-0.15, -0.1) is 0 Å². The summed E-state index contributed by atoms with van der Waals surface area (Å²) in [6, 6.07) is 30.9. The third-order valence-corrected chi connectivity index (χ3v) is 7.65. The molecule has 0 aromatic heterocycles. The van der Waals surface area contributed by atoms with Gasteiger partial charge in [-0.1, -0.05) is 112 Å². The van der Waals surface area contributed by atoms with E-state index in [1.165, 1.54) is 33.4 Å². The Balaban J connectivity index is 2.00. The van der Waals surface area contributed by atoms with E-state index >= 15 is 0 Å². The summed E-state index contributed by atoms with van der Waals surface area (Å²) in [6.07, 6.45) is 0.943. The fraction of sp³-hybridized carbons (Fsp3) is 0.0769. The van der Waals surface area contributed by atoms with E-state index in [0.717, 1.165) is 24.3 Å². The summed E-state index contributed by atoms with van der Waals surface area (Å²) < 4.78 is 4.23. The van der Waals surface area contributed by atoms with Crippen LogP contribution in [-0.4, -0.2) is 0 Å². The van der Waals surface area contributed by atoms with Crippen molar-refractivity contribution in [1.82, 2.24) is 0 Å². The molecule has 4 aromatic carbocycles. The highest BCUT2D eigenvalue weighted by molar-refractivity contribution is 9.11. The number of benzene rings is 4. The largest absolute Gasteiger partial charge is 0.0708 e. The number of hydrogen-bond acceptors (Lipinski definition) is 0. The van der Waals surface area contributed by atoms with Gasteiger partial charge >= 0.3 is 0 Å². The topological polar surface area (TPSA) is 0 Å². The molecular weight excluding hydrogens is 632 g/mol. The Morgan fingerprint density at radius 2 is 0.867 bits per heavy atom. The van der Waals surface area contributed by atoms with Crippen LogP contribution in [0.2, 0.25) is 0 Å². The van der Waals surface area contributed by atoms with Gasteiger partial charge in [0.2, 0.25) is 0 Å². The van der Waals surface area contributed by atoms with E-state index in [1.54, 1.807) is 0 Å². The molecule has 0 spiro atoms. The first-order valence-corrected chi connectivity index (χ1v) is 12.8. The zero-order chi connectivity index (χ0) is 20.9. The van der Waals surface area contributed by atoms with E-state index in [0.29, 0.717) is 0 Å². The average Bonchev–Trinajstić information content (AvgIpc) is 2.70. The minimum absolute atomic E-state index is 0.427. The smallest absolute Gasteiger partial charge is 0.0620 e. The molecule has 0 unspecified atom stereocenters. The van der Waals surface area contributed by atoms with E-state index in [-0.39, 0.29) is 0 Å². The molecule has 0 aliphatic heterocycles. The third kappa shape index (κ3) is 3.37. The van der Waals surface area contributed by atoms with Crippen molar-refractivity contribution in [2.45, 2.75) is 11.8 Å². The fourth-order valence-corrected chi connectivity index (χ4v) is 7.35. The maximum atomic E-state index is 3.74. The maximum absolute atomic E-state index is 3.74. The van der Waals surface area contributed by atoms with Gasteiger partial charge in [-0.3, -0.25) is 0 Å². The van der Waals surface area contributed by atoms with Crippen molar-refractivity contribution in [3.63, 3.8) is 0 Å². The highest BCUT2D eigenvalue weighted by atomic mass is 79.9. The van der Waals surface area contributed by atoms with Crippen LogP contribution in [0.25, 0.3) is 0 Å². The minimum atomic E-state index is -0.427. The van der Waals surface area contributed by atoms with Gasteiger partial charge in [0.15, 0.2) is 0 Å². The number of rotatable bonds is 2. The highest BCUT2D eigenvalue weighted by Gasteiger charge is 2.44. The molecule has 0 amide bonds.